The highest BCUT2D eigenvalue weighted by Crippen LogP contribution is 2.15. The molecule has 0 saturated heterocycles. The molecule has 0 fully saturated rings. The Bertz CT molecular complexity index is 551. The molecule has 28 heavy (non-hydrogen) atoms. The molecule has 160 valence electrons. The fraction of sp³-hybridized carbons (Fsp3) is 0.619. The number of carbonyl (C=O) groups is 1. The highest BCUT2D eigenvalue weighted by molar-refractivity contribution is 14.0. The third kappa shape index (κ3) is 10.8. The van der Waals surface area contributed by atoms with E-state index in [1.165, 1.54) is 5.56 Å². The lowest BCUT2D eigenvalue weighted by molar-refractivity contribution is -0.130. The predicted octanol–water partition coefficient (Wildman–Crippen LogP) is 3.59. The van der Waals surface area contributed by atoms with Crippen LogP contribution in [0.25, 0.3) is 0 Å². The zero-order valence-corrected chi connectivity index (χ0v) is 20.1. The van der Waals surface area contributed by atoms with Crippen LogP contribution in [0.15, 0.2) is 35.3 Å². The molecule has 7 heteroatoms. The molecule has 1 atom stereocenters. The summed E-state index contributed by atoms with van der Waals surface area (Å²) in [5, 5.41) is 6.44. The van der Waals surface area contributed by atoms with Crippen LogP contribution in [0.1, 0.15) is 52.2 Å². The zero-order valence-electron chi connectivity index (χ0n) is 17.7. The molecule has 1 unspecified atom stereocenters. The first kappa shape index (κ1) is 26.6. The number of aliphatic imine (C=N–C) groups is 1. The van der Waals surface area contributed by atoms with Crippen molar-refractivity contribution in [2.24, 2.45) is 4.99 Å². The summed E-state index contributed by atoms with van der Waals surface area (Å²) in [6.45, 7) is 12.3. The van der Waals surface area contributed by atoms with Gasteiger partial charge in [-0.25, -0.2) is 0 Å². The van der Waals surface area contributed by atoms with Crippen LogP contribution in [0.4, 0.5) is 0 Å². The lowest BCUT2D eigenvalue weighted by Crippen LogP contribution is -2.40. The van der Waals surface area contributed by atoms with Crippen molar-refractivity contribution in [1.82, 2.24) is 15.5 Å². The van der Waals surface area contributed by atoms with E-state index >= 15 is 0 Å². The number of nitrogens with one attached hydrogen (secondary N) is 2. The average Bonchev–Trinajstić information content (AvgIpc) is 2.69. The molecule has 0 aliphatic rings. The molecule has 0 aliphatic heterocycles. The molecule has 1 aromatic rings. The van der Waals surface area contributed by atoms with Gasteiger partial charge in [0.1, 0.15) is 0 Å². The van der Waals surface area contributed by atoms with Crippen LogP contribution in [-0.2, 0) is 9.53 Å². The monoisotopic (exact) mass is 504 g/mol. The second-order valence-corrected chi connectivity index (χ2v) is 6.28. The number of hydrogen-bond acceptors (Lipinski definition) is 3. The molecule has 6 nitrogen and oxygen atoms in total. The Morgan fingerprint density at radius 3 is 2.43 bits per heavy atom. The number of hydrogen-bond donors (Lipinski definition) is 2. The SMILES string of the molecule is CCNC(=NCCCOC(C)c1ccccc1)NCCC(=O)N(CC)CC.I. The number of rotatable bonds is 12. The van der Waals surface area contributed by atoms with Gasteiger partial charge in [0.2, 0.25) is 5.91 Å². The molecule has 1 amide bonds. The van der Waals surface area contributed by atoms with Crippen molar-refractivity contribution in [3.05, 3.63) is 35.9 Å². The maximum atomic E-state index is 12.0. The smallest absolute Gasteiger partial charge is 0.224 e. The number of halogens is 1. The highest BCUT2D eigenvalue weighted by atomic mass is 127. The van der Waals surface area contributed by atoms with Crippen molar-refractivity contribution in [2.75, 3.05) is 39.3 Å². The van der Waals surface area contributed by atoms with Crippen LogP contribution in [0.2, 0.25) is 0 Å². The lowest BCUT2D eigenvalue weighted by Gasteiger charge is -2.19. The summed E-state index contributed by atoms with van der Waals surface area (Å²) in [6, 6.07) is 10.2. The first-order valence-corrected chi connectivity index (χ1v) is 10.1. The second kappa shape index (κ2) is 16.6. The molecule has 1 rings (SSSR count). The topological polar surface area (TPSA) is 66.0 Å². The van der Waals surface area contributed by atoms with Crippen LogP contribution in [0.5, 0.6) is 0 Å². The number of benzene rings is 1. The Labute approximate surface area is 187 Å². The van der Waals surface area contributed by atoms with E-state index in [2.05, 4.69) is 34.7 Å². The number of amides is 1. The van der Waals surface area contributed by atoms with E-state index in [4.69, 9.17) is 4.74 Å². The van der Waals surface area contributed by atoms with Crippen LogP contribution in [-0.4, -0.2) is 56.1 Å². The molecule has 1 aromatic carbocycles. The summed E-state index contributed by atoms with van der Waals surface area (Å²) >= 11 is 0. The van der Waals surface area contributed by atoms with Gasteiger partial charge < -0.3 is 20.3 Å². The molecule has 0 aromatic heterocycles. The summed E-state index contributed by atoms with van der Waals surface area (Å²) in [4.78, 5) is 18.4. The van der Waals surface area contributed by atoms with E-state index in [9.17, 15) is 4.79 Å². The second-order valence-electron chi connectivity index (χ2n) is 6.28. The van der Waals surface area contributed by atoms with E-state index < -0.39 is 0 Å². The van der Waals surface area contributed by atoms with Crippen LogP contribution < -0.4 is 10.6 Å². The largest absolute Gasteiger partial charge is 0.374 e. The van der Waals surface area contributed by atoms with E-state index in [1.54, 1.807) is 0 Å². The maximum absolute atomic E-state index is 12.0. The van der Waals surface area contributed by atoms with Gasteiger partial charge in [-0.1, -0.05) is 30.3 Å². The summed E-state index contributed by atoms with van der Waals surface area (Å²) < 4.78 is 5.87. The minimum absolute atomic E-state index is 0. The zero-order chi connectivity index (χ0) is 19.9. The van der Waals surface area contributed by atoms with Gasteiger partial charge in [0.25, 0.3) is 0 Å². The van der Waals surface area contributed by atoms with E-state index in [0.29, 0.717) is 26.1 Å². The van der Waals surface area contributed by atoms with Gasteiger partial charge in [-0.3, -0.25) is 9.79 Å². The molecule has 0 heterocycles. The Morgan fingerprint density at radius 1 is 1.14 bits per heavy atom. The Balaban J connectivity index is 0.00000729. The van der Waals surface area contributed by atoms with Crippen molar-refractivity contribution < 1.29 is 9.53 Å². The fourth-order valence-electron chi connectivity index (χ4n) is 2.70. The number of nitrogens with zero attached hydrogens (tertiary/aromatic N) is 2. The molecule has 0 bridgehead atoms. The van der Waals surface area contributed by atoms with Gasteiger partial charge in [0.15, 0.2) is 5.96 Å². The number of guanidine groups is 1. The molecular formula is C21H37IN4O2. The Hall–Kier alpha value is -1.35. The van der Waals surface area contributed by atoms with Crippen molar-refractivity contribution in [3.8, 4) is 0 Å². The maximum Gasteiger partial charge on any atom is 0.224 e. The normalized spacial score (nSPS) is 12.1. The number of ether oxygens (including phenoxy) is 1. The summed E-state index contributed by atoms with van der Waals surface area (Å²) in [7, 11) is 0. The van der Waals surface area contributed by atoms with Crippen molar-refractivity contribution >= 4 is 35.8 Å². The molecular weight excluding hydrogens is 467 g/mol. The van der Waals surface area contributed by atoms with Gasteiger partial charge in [-0.2, -0.15) is 0 Å². The molecule has 0 spiro atoms. The van der Waals surface area contributed by atoms with E-state index in [0.717, 1.165) is 32.0 Å². The molecule has 0 aliphatic carbocycles. The lowest BCUT2D eigenvalue weighted by atomic mass is 10.1. The summed E-state index contributed by atoms with van der Waals surface area (Å²) in [6.07, 6.45) is 1.42. The van der Waals surface area contributed by atoms with Crippen LogP contribution >= 0.6 is 24.0 Å². The first-order chi connectivity index (χ1) is 13.1. The number of carbonyl (C=O) groups excluding carboxylic acids is 1. The first-order valence-electron chi connectivity index (χ1n) is 10.1. The average molecular weight is 504 g/mol. The fourth-order valence-corrected chi connectivity index (χ4v) is 2.70. The summed E-state index contributed by atoms with van der Waals surface area (Å²) in [5.41, 5.74) is 1.19. The van der Waals surface area contributed by atoms with Gasteiger partial charge in [0, 0.05) is 45.8 Å². The predicted molar refractivity (Wildman–Crippen MR) is 127 cm³/mol. The van der Waals surface area contributed by atoms with Gasteiger partial charge in [0.05, 0.1) is 6.10 Å². The van der Waals surface area contributed by atoms with Crippen LogP contribution in [0, 0.1) is 0 Å². The molecule has 0 saturated carbocycles. The molecule has 0 radical (unpaired) electrons. The minimum atomic E-state index is 0. The minimum Gasteiger partial charge on any atom is -0.374 e. The van der Waals surface area contributed by atoms with E-state index in [1.807, 2.05) is 43.9 Å². The molecule has 2 N–H and O–H groups in total. The van der Waals surface area contributed by atoms with Crippen molar-refractivity contribution in [2.45, 2.75) is 46.6 Å². The van der Waals surface area contributed by atoms with Gasteiger partial charge >= 0.3 is 0 Å². The Morgan fingerprint density at radius 2 is 1.82 bits per heavy atom. The van der Waals surface area contributed by atoms with Crippen molar-refractivity contribution in [1.29, 1.82) is 0 Å². The van der Waals surface area contributed by atoms with E-state index in [-0.39, 0.29) is 36.0 Å². The highest BCUT2D eigenvalue weighted by Gasteiger charge is 2.09. The standard InChI is InChI=1S/C21H36N4O2.HI/c1-5-22-21(24-16-14-20(26)25(6-2)7-3)23-15-11-17-27-18(4)19-12-9-8-10-13-19;/h8-10,12-13,18H,5-7,11,14-17H2,1-4H3,(H2,22,23,24);1H. The van der Waals surface area contributed by atoms with Gasteiger partial charge in [-0.05, 0) is 39.7 Å². The summed E-state index contributed by atoms with van der Waals surface area (Å²) in [5.74, 6) is 0.924. The quantitative estimate of drug-likeness (QED) is 0.198. The van der Waals surface area contributed by atoms with Crippen LogP contribution in [0.3, 0.4) is 0 Å². The third-order valence-electron chi connectivity index (χ3n) is 4.30. The van der Waals surface area contributed by atoms with Crippen molar-refractivity contribution in [3.63, 3.8) is 0 Å². The Kier molecular flexibility index (Phi) is 15.8. The third-order valence-corrected chi connectivity index (χ3v) is 4.30. The van der Waals surface area contributed by atoms with Gasteiger partial charge in [-0.15, -0.1) is 24.0 Å².